The monoisotopic (exact) mass is 396 g/mol. The van der Waals surface area contributed by atoms with Crippen LogP contribution in [0.5, 0.6) is 0 Å². The number of benzene rings is 1. The summed E-state index contributed by atoms with van der Waals surface area (Å²) < 4.78 is 1.85. The van der Waals surface area contributed by atoms with E-state index in [1.807, 2.05) is 34.4 Å². The van der Waals surface area contributed by atoms with E-state index in [9.17, 15) is 9.59 Å². The molecule has 0 aliphatic carbocycles. The summed E-state index contributed by atoms with van der Waals surface area (Å²) in [7, 11) is 0. The van der Waals surface area contributed by atoms with E-state index < -0.39 is 0 Å². The number of carbonyl (C=O) groups excluding carboxylic acids is 2. The Morgan fingerprint density at radius 3 is 2.64 bits per heavy atom. The van der Waals surface area contributed by atoms with Crippen LogP contribution in [-0.4, -0.2) is 39.2 Å². The summed E-state index contributed by atoms with van der Waals surface area (Å²) >= 11 is 6.13. The number of likely N-dealkylation sites (tertiary alicyclic amines) is 1. The maximum atomic E-state index is 12.9. The number of hydrogen-bond acceptors (Lipinski definition) is 3. The molecule has 0 radical (unpaired) electrons. The van der Waals surface area contributed by atoms with Crippen LogP contribution in [0.1, 0.15) is 45.8 Å². The van der Waals surface area contributed by atoms with Gasteiger partial charge in [0.1, 0.15) is 11.3 Å². The highest BCUT2D eigenvalue weighted by Crippen LogP contribution is 2.25. The minimum absolute atomic E-state index is 0.0856. The van der Waals surface area contributed by atoms with Crippen LogP contribution in [0.3, 0.4) is 0 Å². The molecule has 0 spiro atoms. The third kappa shape index (κ3) is 3.60. The van der Waals surface area contributed by atoms with Crippen molar-refractivity contribution in [1.29, 1.82) is 0 Å². The number of carbonyl (C=O) groups is 2. The number of fused-ring (bicyclic) bond motifs is 1. The molecule has 3 aromatic rings. The fourth-order valence-corrected chi connectivity index (χ4v) is 3.69. The molecule has 3 heterocycles. The van der Waals surface area contributed by atoms with Crippen molar-refractivity contribution in [3.05, 3.63) is 64.6 Å². The number of amides is 2. The third-order valence-corrected chi connectivity index (χ3v) is 5.27. The molecule has 1 N–H and O–H groups in total. The maximum absolute atomic E-state index is 12.9. The first kappa shape index (κ1) is 18.5. The van der Waals surface area contributed by atoms with E-state index in [1.165, 1.54) is 0 Å². The van der Waals surface area contributed by atoms with E-state index in [2.05, 4.69) is 10.3 Å². The first-order valence-electron chi connectivity index (χ1n) is 9.38. The molecule has 144 valence electrons. The van der Waals surface area contributed by atoms with Crippen molar-refractivity contribution in [3.63, 3.8) is 0 Å². The second-order valence-electron chi connectivity index (χ2n) is 7.02. The summed E-state index contributed by atoms with van der Waals surface area (Å²) in [5.41, 5.74) is 2.81. The first-order valence-corrected chi connectivity index (χ1v) is 9.75. The van der Waals surface area contributed by atoms with Gasteiger partial charge in [-0.3, -0.25) is 9.59 Å². The van der Waals surface area contributed by atoms with Crippen molar-refractivity contribution in [2.75, 3.05) is 18.4 Å². The van der Waals surface area contributed by atoms with Gasteiger partial charge in [-0.15, -0.1) is 0 Å². The van der Waals surface area contributed by atoms with Crippen molar-refractivity contribution in [3.8, 4) is 0 Å². The molecule has 1 aliphatic rings. The Balaban J connectivity index is 1.62. The topological polar surface area (TPSA) is 66.7 Å². The number of nitrogens with one attached hydrogen (secondary N) is 1. The van der Waals surface area contributed by atoms with E-state index in [0.717, 1.165) is 38.0 Å². The van der Waals surface area contributed by atoms with Crippen LogP contribution < -0.4 is 5.32 Å². The van der Waals surface area contributed by atoms with E-state index in [-0.39, 0.29) is 17.5 Å². The van der Waals surface area contributed by atoms with Gasteiger partial charge in [-0.1, -0.05) is 17.7 Å². The minimum Gasteiger partial charge on any atom is -0.339 e. The Morgan fingerprint density at radius 1 is 1.11 bits per heavy atom. The quantitative estimate of drug-likeness (QED) is 0.722. The molecule has 0 unspecified atom stereocenters. The van der Waals surface area contributed by atoms with Gasteiger partial charge in [0.25, 0.3) is 11.8 Å². The van der Waals surface area contributed by atoms with Crippen molar-refractivity contribution < 1.29 is 9.59 Å². The van der Waals surface area contributed by atoms with Gasteiger partial charge >= 0.3 is 0 Å². The van der Waals surface area contributed by atoms with E-state index in [4.69, 9.17) is 11.6 Å². The fraction of sp³-hybridized carbons (Fsp3) is 0.286. The Bertz CT molecular complexity index is 1050. The lowest BCUT2D eigenvalue weighted by Gasteiger charge is -2.27. The molecule has 6 nitrogen and oxygen atoms in total. The van der Waals surface area contributed by atoms with Crippen molar-refractivity contribution in [1.82, 2.24) is 14.3 Å². The highest BCUT2D eigenvalue weighted by Gasteiger charge is 2.22. The summed E-state index contributed by atoms with van der Waals surface area (Å²) in [4.78, 5) is 32.0. The number of aromatic nitrogens is 2. The molecule has 28 heavy (non-hydrogen) atoms. The minimum atomic E-state index is -0.377. The van der Waals surface area contributed by atoms with Gasteiger partial charge in [0.2, 0.25) is 0 Å². The van der Waals surface area contributed by atoms with Gasteiger partial charge in [0.15, 0.2) is 0 Å². The normalized spacial score (nSPS) is 14.3. The Hall–Kier alpha value is -2.86. The number of rotatable bonds is 3. The second-order valence-corrected chi connectivity index (χ2v) is 7.45. The largest absolute Gasteiger partial charge is 0.339 e. The maximum Gasteiger partial charge on any atom is 0.275 e. The van der Waals surface area contributed by atoms with Gasteiger partial charge in [-0.25, -0.2) is 4.98 Å². The number of pyridine rings is 1. The molecule has 0 atom stereocenters. The van der Waals surface area contributed by atoms with E-state index >= 15 is 0 Å². The van der Waals surface area contributed by atoms with Crippen LogP contribution in [-0.2, 0) is 0 Å². The van der Waals surface area contributed by atoms with Crippen LogP contribution in [0.25, 0.3) is 5.65 Å². The van der Waals surface area contributed by atoms with Crippen molar-refractivity contribution in [2.45, 2.75) is 26.2 Å². The van der Waals surface area contributed by atoms with E-state index in [0.29, 0.717) is 21.9 Å². The molecular weight excluding hydrogens is 376 g/mol. The SMILES string of the molecule is Cc1cccc2nc(C(=O)Nc3cc(Cl)ccc3C(=O)N3CCCCC3)cn12. The summed E-state index contributed by atoms with van der Waals surface area (Å²) in [6.07, 6.45) is 4.83. The number of halogens is 1. The number of nitrogens with zero attached hydrogens (tertiary/aromatic N) is 3. The Kier molecular flexibility index (Phi) is 5.05. The first-order chi connectivity index (χ1) is 13.5. The van der Waals surface area contributed by atoms with Crippen LogP contribution in [0.4, 0.5) is 5.69 Å². The Labute approximate surface area is 168 Å². The predicted molar refractivity (Wildman–Crippen MR) is 109 cm³/mol. The smallest absolute Gasteiger partial charge is 0.275 e. The zero-order valence-electron chi connectivity index (χ0n) is 15.6. The summed E-state index contributed by atoms with van der Waals surface area (Å²) in [5, 5.41) is 3.28. The van der Waals surface area contributed by atoms with Crippen molar-refractivity contribution >= 4 is 34.7 Å². The van der Waals surface area contributed by atoms with Crippen LogP contribution in [0.2, 0.25) is 5.02 Å². The van der Waals surface area contributed by atoms with Gasteiger partial charge in [0.05, 0.1) is 11.3 Å². The van der Waals surface area contributed by atoms with E-state index in [1.54, 1.807) is 24.4 Å². The zero-order valence-corrected chi connectivity index (χ0v) is 16.4. The molecule has 1 fully saturated rings. The van der Waals surface area contributed by atoms with Crippen LogP contribution in [0.15, 0.2) is 42.6 Å². The molecule has 2 aromatic heterocycles. The lowest BCUT2D eigenvalue weighted by atomic mass is 10.1. The fourth-order valence-electron chi connectivity index (χ4n) is 3.52. The number of imidazole rings is 1. The van der Waals surface area contributed by atoms with Gasteiger partial charge in [-0.2, -0.15) is 0 Å². The number of aryl methyl sites for hydroxylation is 1. The second kappa shape index (κ2) is 7.64. The average Bonchev–Trinajstić information content (AvgIpc) is 3.14. The lowest BCUT2D eigenvalue weighted by molar-refractivity contribution is 0.0725. The van der Waals surface area contributed by atoms with Crippen LogP contribution in [0, 0.1) is 6.92 Å². The molecular formula is C21H21ClN4O2. The van der Waals surface area contributed by atoms with Gasteiger partial charge in [0, 0.05) is 30.0 Å². The molecule has 1 aromatic carbocycles. The highest BCUT2D eigenvalue weighted by atomic mass is 35.5. The lowest BCUT2D eigenvalue weighted by Crippen LogP contribution is -2.36. The van der Waals surface area contributed by atoms with Crippen molar-refractivity contribution in [2.24, 2.45) is 0 Å². The predicted octanol–water partition coefficient (Wildman–Crippen LogP) is 4.17. The number of anilines is 1. The summed E-state index contributed by atoms with van der Waals surface area (Å²) in [6.45, 7) is 3.42. The highest BCUT2D eigenvalue weighted by molar-refractivity contribution is 6.31. The average molecular weight is 397 g/mol. The number of piperidine rings is 1. The zero-order chi connectivity index (χ0) is 19.7. The standard InChI is InChI=1S/C21H21ClN4O2/c1-14-6-5-7-19-23-18(13-26(14)19)20(27)24-17-12-15(22)8-9-16(17)21(28)25-10-3-2-4-11-25/h5-9,12-13H,2-4,10-11H2,1H3,(H,24,27). The third-order valence-electron chi connectivity index (χ3n) is 5.03. The molecule has 4 rings (SSSR count). The number of hydrogen-bond donors (Lipinski definition) is 1. The van der Waals surface area contributed by atoms with Crippen LogP contribution >= 0.6 is 11.6 Å². The summed E-state index contributed by atoms with van der Waals surface area (Å²) in [6, 6.07) is 10.6. The molecule has 2 amide bonds. The Morgan fingerprint density at radius 2 is 1.89 bits per heavy atom. The molecule has 7 heteroatoms. The summed E-state index contributed by atoms with van der Waals surface area (Å²) in [5.74, 6) is -0.462. The molecule has 0 bridgehead atoms. The molecule has 0 saturated carbocycles. The van der Waals surface area contributed by atoms with Gasteiger partial charge in [-0.05, 0) is 56.5 Å². The molecule has 1 saturated heterocycles. The molecule has 1 aliphatic heterocycles. The van der Waals surface area contributed by atoms with Gasteiger partial charge < -0.3 is 14.6 Å².